The van der Waals surface area contributed by atoms with Crippen molar-refractivity contribution in [3.8, 4) is 0 Å². The number of aromatic nitrogens is 2. The second-order valence-corrected chi connectivity index (χ2v) is 8.88. The molecule has 0 N–H and O–H groups in total. The van der Waals surface area contributed by atoms with E-state index in [2.05, 4.69) is 24.9 Å². The summed E-state index contributed by atoms with van der Waals surface area (Å²) < 4.78 is 40.1. The smallest absolute Gasteiger partial charge is 0.212 e. The number of likely N-dealkylation sites (tertiary alicyclic amines) is 1. The molecule has 0 saturated carbocycles. The highest BCUT2D eigenvalue weighted by atomic mass is 19.2. The van der Waals surface area contributed by atoms with E-state index in [4.69, 9.17) is 4.84 Å². The van der Waals surface area contributed by atoms with Crippen molar-refractivity contribution in [1.82, 2.24) is 14.9 Å². The number of anilines is 1. The minimum atomic E-state index is -0.949. The molecule has 34 heavy (non-hydrogen) atoms. The van der Waals surface area contributed by atoms with Gasteiger partial charge in [-0.05, 0) is 48.9 Å². The third-order valence-corrected chi connectivity index (χ3v) is 6.20. The maximum absolute atomic E-state index is 13.7. The Morgan fingerprint density at radius 2 is 1.79 bits per heavy atom. The van der Waals surface area contributed by atoms with Crippen LogP contribution in [0.5, 0.6) is 0 Å². The van der Waals surface area contributed by atoms with Gasteiger partial charge in [0.15, 0.2) is 11.6 Å². The van der Waals surface area contributed by atoms with Crippen LogP contribution in [0.15, 0.2) is 60.0 Å². The Morgan fingerprint density at radius 3 is 2.44 bits per heavy atom. The van der Waals surface area contributed by atoms with Crippen molar-refractivity contribution >= 4 is 11.4 Å². The van der Waals surface area contributed by atoms with E-state index >= 15 is 0 Å². The van der Waals surface area contributed by atoms with Gasteiger partial charge >= 0.3 is 0 Å². The summed E-state index contributed by atoms with van der Waals surface area (Å²) in [6, 6.07) is 10.5. The Balaban J connectivity index is 1.19. The van der Waals surface area contributed by atoms with Crippen LogP contribution in [0.25, 0.3) is 0 Å². The summed E-state index contributed by atoms with van der Waals surface area (Å²) in [6.07, 6.45) is 3.36. The first kappa shape index (κ1) is 22.3. The first-order chi connectivity index (χ1) is 16.4. The SMILES string of the molecule is CCO/N=C(\c1ccc(F)c(F)c1)c1ccc(CN2CC3(C2)CN(c2ccc(F)nc2)C3)cn1. The molecule has 0 bridgehead atoms. The fourth-order valence-corrected chi connectivity index (χ4v) is 4.65. The van der Waals surface area contributed by atoms with Crippen LogP contribution in [0.3, 0.4) is 0 Å². The fourth-order valence-electron chi connectivity index (χ4n) is 4.65. The lowest BCUT2D eigenvalue weighted by Crippen LogP contribution is -2.71. The van der Waals surface area contributed by atoms with E-state index in [1.807, 2.05) is 12.1 Å². The number of rotatable bonds is 7. The zero-order valence-electron chi connectivity index (χ0n) is 18.7. The van der Waals surface area contributed by atoms with Crippen LogP contribution >= 0.6 is 0 Å². The molecule has 0 atom stereocenters. The van der Waals surface area contributed by atoms with Crippen molar-refractivity contribution in [3.63, 3.8) is 0 Å². The van der Waals surface area contributed by atoms with Crippen molar-refractivity contribution in [2.24, 2.45) is 10.6 Å². The zero-order chi connectivity index (χ0) is 23.7. The Hall–Kier alpha value is -3.46. The van der Waals surface area contributed by atoms with E-state index in [1.165, 1.54) is 12.1 Å². The summed E-state index contributed by atoms with van der Waals surface area (Å²) in [5.74, 6) is -2.33. The number of benzene rings is 1. The molecule has 2 aliphatic heterocycles. The average Bonchev–Trinajstić information content (AvgIpc) is 2.79. The van der Waals surface area contributed by atoms with Crippen molar-refractivity contribution in [2.45, 2.75) is 13.5 Å². The second-order valence-electron chi connectivity index (χ2n) is 8.88. The maximum atomic E-state index is 13.7. The molecule has 2 saturated heterocycles. The largest absolute Gasteiger partial charge is 0.396 e. The van der Waals surface area contributed by atoms with Gasteiger partial charge in [0, 0.05) is 49.9 Å². The topological polar surface area (TPSA) is 53.9 Å². The van der Waals surface area contributed by atoms with Crippen LogP contribution < -0.4 is 4.90 Å². The molecule has 0 unspecified atom stereocenters. The summed E-state index contributed by atoms with van der Waals surface area (Å²) in [5, 5.41) is 4.07. The van der Waals surface area contributed by atoms with Gasteiger partial charge in [0.05, 0.1) is 17.6 Å². The van der Waals surface area contributed by atoms with Gasteiger partial charge < -0.3 is 9.74 Å². The van der Waals surface area contributed by atoms with Gasteiger partial charge in [0.25, 0.3) is 0 Å². The van der Waals surface area contributed by atoms with Crippen LogP contribution in [0.2, 0.25) is 0 Å². The lowest BCUT2D eigenvalue weighted by Gasteiger charge is -2.61. The molecule has 2 aromatic heterocycles. The third kappa shape index (κ3) is 4.48. The number of hydrogen-bond donors (Lipinski definition) is 0. The molecule has 2 aliphatic rings. The van der Waals surface area contributed by atoms with Crippen LogP contribution in [-0.4, -0.2) is 53.4 Å². The molecule has 1 spiro atoms. The third-order valence-electron chi connectivity index (χ3n) is 6.20. The van der Waals surface area contributed by atoms with Crippen LogP contribution in [0.4, 0.5) is 18.9 Å². The van der Waals surface area contributed by atoms with Gasteiger partial charge in [-0.3, -0.25) is 9.88 Å². The molecule has 0 radical (unpaired) electrons. The average molecular weight is 467 g/mol. The Morgan fingerprint density at radius 1 is 0.971 bits per heavy atom. The van der Waals surface area contributed by atoms with E-state index < -0.39 is 17.6 Å². The van der Waals surface area contributed by atoms with Gasteiger partial charge in [0.2, 0.25) is 5.95 Å². The molecule has 2 fully saturated rings. The number of oxime groups is 1. The van der Waals surface area contributed by atoms with Gasteiger partial charge in [-0.15, -0.1) is 0 Å². The van der Waals surface area contributed by atoms with Crippen molar-refractivity contribution in [1.29, 1.82) is 0 Å². The summed E-state index contributed by atoms with van der Waals surface area (Å²) in [7, 11) is 0. The van der Waals surface area contributed by atoms with Crippen molar-refractivity contribution < 1.29 is 18.0 Å². The quantitative estimate of drug-likeness (QED) is 0.299. The highest BCUT2D eigenvalue weighted by Gasteiger charge is 2.51. The minimum absolute atomic E-state index is 0.283. The standard InChI is InChI=1S/C25H24F3N5O/c1-2-34-31-24(18-4-6-20(26)21(27)9-18)22-7-3-17(10-29-22)12-32-13-25(14-32)15-33(16-25)19-5-8-23(28)30-11-19/h3-11H,2,12-16H2,1H3/b31-24+. The zero-order valence-corrected chi connectivity index (χ0v) is 18.7. The van der Waals surface area contributed by atoms with Gasteiger partial charge in [-0.2, -0.15) is 4.39 Å². The van der Waals surface area contributed by atoms with Gasteiger partial charge in [0.1, 0.15) is 12.3 Å². The predicted molar refractivity (Wildman–Crippen MR) is 122 cm³/mol. The lowest BCUT2D eigenvalue weighted by molar-refractivity contribution is -0.0274. The van der Waals surface area contributed by atoms with Crippen LogP contribution in [0, 0.1) is 23.0 Å². The molecule has 0 amide bonds. The summed E-state index contributed by atoms with van der Waals surface area (Å²) >= 11 is 0. The Kier molecular flexibility index (Phi) is 5.95. The monoisotopic (exact) mass is 467 g/mol. The van der Waals surface area contributed by atoms with Crippen molar-refractivity contribution in [3.05, 3.63) is 89.3 Å². The second kappa shape index (κ2) is 9.06. The molecular formula is C25H24F3N5O. The van der Waals surface area contributed by atoms with E-state index in [0.29, 0.717) is 23.6 Å². The molecule has 6 nitrogen and oxygen atoms in total. The van der Waals surface area contributed by atoms with E-state index in [-0.39, 0.29) is 5.41 Å². The highest BCUT2D eigenvalue weighted by molar-refractivity contribution is 6.11. The number of hydrogen-bond acceptors (Lipinski definition) is 6. The van der Waals surface area contributed by atoms with E-state index in [0.717, 1.165) is 56.1 Å². The summed E-state index contributed by atoms with van der Waals surface area (Å²) in [6.45, 7) is 6.78. The molecule has 176 valence electrons. The Labute approximate surface area is 195 Å². The minimum Gasteiger partial charge on any atom is -0.396 e. The van der Waals surface area contributed by atoms with Gasteiger partial charge in [-0.25, -0.2) is 13.8 Å². The predicted octanol–water partition coefficient (Wildman–Crippen LogP) is 4.01. The fraction of sp³-hybridized carbons (Fsp3) is 0.320. The first-order valence-corrected chi connectivity index (χ1v) is 11.1. The molecule has 3 aromatic rings. The number of nitrogens with zero attached hydrogens (tertiary/aromatic N) is 5. The maximum Gasteiger partial charge on any atom is 0.212 e. The highest BCUT2D eigenvalue weighted by Crippen LogP contribution is 2.42. The number of halogens is 3. The molecular weight excluding hydrogens is 443 g/mol. The summed E-state index contributed by atoms with van der Waals surface area (Å²) in [5.41, 5.74) is 3.55. The van der Waals surface area contributed by atoms with Gasteiger partial charge in [-0.1, -0.05) is 11.2 Å². The molecule has 5 rings (SSSR count). The molecule has 1 aromatic carbocycles. The van der Waals surface area contributed by atoms with Crippen LogP contribution in [0.1, 0.15) is 23.7 Å². The number of pyridine rings is 2. The van der Waals surface area contributed by atoms with E-state index in [1.54, 1.807) is 25.4 Å². The molecule has 9 heteroatoms. The van der Waals surface area contributed by atoms with Crippen LogP contribution in [-0.2, 0) is 11.4 Å². The first-order valence-electron chi connectivity index (χ1n) is 11.1. The normalized spacial score (nSPS) is 17.4. The molecule has 4 heterocycles. The lowest BCUT2D eigenvalue weighted by atomic mass is 9.72. The Bertz CT molecular complexity index is 1190. The summed E-state index contributed by atoms with van der Waals surface area (Å²) in [4.78, 5) is 18.0. The van der Waals surface area contributed by atoms with E-state index in [9.17, 15) is 13.2 Å². The molecule has 0 aliphatic carbocycles. The van der Waals surface area contributed by atoms with Crippen molar-refractivity contribution in [2.75, 3.05) is 37.7 Å².